The fourth-order valence-corrected chi connectivity index (χ4v) is 6.78. The van der Waals surface area contributed by atoms with Crippen LogP contribution in [0.1, 0.15) is 26.3 Å². The maximum Gasteiger partial charge on any atom is 0.416 e. The summed E-state index contributed by atoms with van der Waals surface area (Å²) in [5, 5.41) is 5.50. The molecular formula is C29H34F3N5O4S. The molecule has 2 aliphatic rings. The Hall–Kier alpha value is -3.71. The van der Waals surface area contributed by atoms with Crippen molar-refractivity contribution in [3.63, 3.8) is 0 Å². The van der Waals surface area contributed by atoms with E-state index in [4.69, 9.17) is 0 Å². The number of carbonyl (C=O) groups is 2. The molecule has 1 aliphatic carbocycles. The summed E-state index contributed by atoms with van der Waals surface area (Å²) in [7, 11) is -4.39. The van der Waals surface area contributed by atoms with Gasteiger partial charge >= 0.3 is 12.2 Å². The van der Waals surface area contributed by atoms with Gasteiger partial charge < -0.3 is 15.5 Å². The van der Waals surface area contributed by atoms with E-state index in [2.05, 4.69) is 48.5 Å². The highest BCUT2D eigenvalue weighted by Gasteiger charge is 2.42. The minimum atomic E-state index is -4.63. The van der Waals surface area contributed by atoms with E-state index in [1.165, 1.54) is 17.3 Å². The van der Waals surface area contributed by atoms with Gasteiger partial charge in [0.05, 0.1) is 10.5 Å². The molecule has 0 saturated carbocycles. The van der Waals surface area contributed by atoms with E-state index in [0.29, 0.717) is 29.7 Å². The normalized spacial score (nSPS) is 21.6. The Labute approximate surface area is 243 Å². The number of alkyl halides is 3. The molecule has 3 amide bonds. The van der Waals surface area contributed by atoms with Gasteiger partial charge in [0.2, 0.25) is 15.9 Å². The topological polar surface area (TPSA) is 112 Å². The second kappa shape index (κ2) is 12.7. The number of carbonyl (C=O) groups excluding carboxylic acids is 2. The van der Waals surface area contributed by atoms with Crippen molar-refractivity contribution in [3.05, 3.63) is 78.2 Å². The Morgan fingerprint density at radius 2 is 1.74 bits per heavy atom. The molecular weight excluding hydrogens is 571 g/mol. The number of nitrogens with zero attached hydrogens (tertiary/aromatic N) is 3. The Kier molecular flexibility index (Phi) is 9.41. The minimum absolute atomic E-state index is 0.0391. The van der Waals surface area contributed by atoms with Crippen LogP contribution in [-0.4, -0.2) is 66.8 Å². The van der Waals surface area contributed by atoms with Crippen LogP contribution in [0.15, 0.2) is 77.5 Å². The van der Waals surface area contributed by atoms with Crippen LogP contribution in [-0.2, 0) is 21.0 Å². The van der Waals surface area contributed by atoms with Gasteiger partial charge in [-0.25, -0.2) is 13.2 Å². The smallest absolute Gasteiger partial charge is 0.351 e. The lowest BCUT2D eigenvalue weighted by atomic mass is 9.80. The van der Waals surface area contributed by atoms with Crippen LogP contribution in [0.2, 0.25) is 0 Å². The number of nitrogens with one attached hydrogen (secondary N) is 2. The van der Waals surface area contributed by atoms with Gasteiger partial charge in [-0.2, -0.15) is 17.5 Å². The molecule has 1 aromatic heterocycles. The first kappa shape index (κ1) is 31.2. The lowest BCUT2D eigenvalue weighted by Crippen LogP contribution is -2.62. The van der Waals surface area contributed by atoms with E-state index in [1.54, 1.807) is 12.1 Å². The van der Waals surface area contributed by atoms with Gasteiger partial charge in [0.15, 0.2) is 0 Å². The van der Waals surface area contributed by atoms with Crippen LogP contribution < -0.4 is 10.6 Å². The van der Waals surface area contributed by atoms with Crippen LogP contribution in [0.25, 0.3) is 0 Å². The third-order valence-corrected chi connectivity index (χ3v) is 9.42. The highest BCUT2D eigenvalue weighted by molar-refractivity contribution is 7.89. The maximum absolute atomic E-state index is 13.6. The van der Waals surface area contributed by atoms with Crippen LogP contribution in [0.5, 0.6) is 0 Å². The highest BCUT2D eigenvalue weighted by atomic mass is 32.2. The number of amides is 3. The molecule has 1 aliphatic heterocycles. The fourth-order valence-electron chi connectivity index (χ4n) is 5.21. The van der Waals surface area contributed by atoms with Gasteiger partial charge in [0.25, 0.3) is 0 Å². The summed E-state index contributed by atoms with van der Waals surface area (Å²) in [6.07, 6.45) is 4.48. The molecule has 9 nitrogen and oxygen atoms in total. The molecule has 1 aromatic carbocycles. The van der Waals surface area contributed by atoms with Crippen molar-refractivity contribution in [2.75, 3.05) is 31.5 Å². The van der Waals surface area contributed by atoms with E-state index in [-0.39, 0.29) is 37.0 Å². The van der Waals surface area contributed by atoms with Crippen LogP contribution in [0, 0.1) is 17.8 Å². The quantitative estimate of drug-likeness (QED) is 0.482. The second-order valence-corrected chi connectivity index (χ2v) is 12.7. The third kappa shape index (κ3) is 7.19. The minimum Gasteiger partial charge on any atom is -0.351 e. The van der Waals surface area contributed by atoms with Crippen LogP contribution in [0.3, 0.4) is 0 Å². The van der Waals surface area contributed by atoms with Crippen molar-refractivity contribution in [3.8, 4) is 0 Å². The average Bonchev–Trinajstić information content (AvgIpc) is 2.95. The number of halogens is 3. The first-order valence-corrected chi connectivity index (χ1v) is 15.0. The van der Waals surface area contributed by atoms with E-state index < -0.39 is 39.7 Å². The average molecular weight is 606 g/mol. The Bertz CT molecular complexity index is 1440. The summed E-state index contributed by atoms with van der Waals surface area (Å²) in [4.78, 5) is 31.4. The SMILES string of the molecule is CC(C)C1C=CC(CNC(=O)[C@H]2CN(C(=O)Nc3ccncc3)CCN2S(=O)(=O)c2ccc(C(F)(F)F)cc2)=CC1C. The van der Waals surface area contributed by atoms with Crippen LogP contribution in [0.4, 0.5) is 23.7 Å². The predicted octanol–water partition coefficient (Wildman–Crippen LogP) is 4.53. The third-order valence-electron chi connectivity index (χ3n) is 7.49. The van der Waals surface area contributed by atoms with E-state index >= 15 is 0 Å². The van der Waals surface area contributed by atoms with Gasteiger partial charge in [0, 0.05) is 44.3 Å². The Morgan fingerprint density at radius 1 is 1.07 bits per heavy atom. The molecule has 0 spiro atoms. The van der Waals surface area contributed by atoms with Crippen molar-refractivity contribution in [2.45, 2.75) is 37.9 Å². The van der Waals surface area contributed by atoms with Crippen molar-refractivity contribution in [1.82, 2.24) is 19.5 Å². The summed E-state index contributed by atoms with van der Waals surface area (Å²) in [5.74, 6) is 0.430. The number of sulfonamides is 1. The highest BCUT2D eigenvalue weighted by Crippen LogP contribution is 2.31. The molecule has 3 atom stereocenters. The number of hydrogen-bond donors (Lipinski definition) is 2. The molecule has 0 radical (unpaired) electrons. The van der Waals surface area contributed by atoms with E-state index in [0.717, 1.165) is 22.0 Å². The summed E-state index contributed by atoms with van der Waals surface area (Å²) in [5.41, 5.74) is 0.352. The molecule has 42 heavy (non-hydrogen) atoms. The molecule has 1 fully saturated rings. The zero-order valence-electron chi connectivity index (χ0n) is 23.5. The number of aromatic nitrogens is 1. The largest absolute Gasteiger partial charge is 0.416 e. The Balaban J connectivity index is 1.55. The molecule has 1 saturated heterocycles. The molecule has 4 rings (SSSR count). The summed E-state index contributed by atoms with van der Waals surface area (Å²) in [6, 6.07) is 4.45. The number of urea groups is 1. The molecule has 13 heteroatoms. The van der Waals surface area contributed by atoms with E-state index in [1.807, 2.05) is 6.08 Å². The fraction of sp³-hybridized carbons (Fsp3) is 0.414. The number of benzene rings is 1. The predicted molar refractivity (Wildman–Crippen MR) is 152 cm³/mol. The molecule has 0 bridgehead atoms. The number of rotatable bonds is 7. The molecule has 226 valence electrons. The molecule has 2 heterocycles. The zero-order valence-corrected chi connectivity index (χ0v) is 24.3. The number of anilines is 1. The monoisotopic (exact) mass is 605 g/mol. The first-order chi connectivity index (χ1) is 19.8. The number of pyridine rings is 1. The van der Waals surface area contributed by atoms with Crippen molar-refractivity contribution in [1.29, 1.82) is 0 Å². The molecule has 2 unspecified atom stereocenters. The van der Waals surface area contributed by atoms with Gasteiger partial charge in [-0.1, -0.05) is 39.0 Å². The van der Waals surface area contributed by atoms with Gasteiger partial charge in [0.1, 0.15) is 6.04 Å². The van der Waals surface area contributed by atoms with Gasteiger partial charge in [-0.15, -0.1) is 0 Å². The second-order valence-electron chi connectivity index (χ2n) is 10.8. The van der Waals surface area contributed by atoms with Crippen molar-refractivity contribution < 1.29 is 31.2 Å². The van der Waals surface area contributed by atoms with Gasteiger partial charge in [-0.05, 0) is 59.7 Å². The summed E-state index contributed by atoms with van der Waals surface area (Å²) >= 11 is 0. The lowest BCUT2D eigenvalue weighted by Gasteiger charge is -2.39. The van der Waals surface area contributed by atoms with Crippen molar-refractivity contribution >= 4 is 27.6 Å². The first-order valence-electron chi connectivity index (χ1n) is 13.6. The number of piperazine rings is 1. The van der Waals surface area contributed by atoms with Crippen molar-refractivity contribution in [2.24, 2.45) is 17.8 Å². The summed E-state index contributed by atoms with van der Waals surface area (Å²) in [6.45, 7) is 5.98. The number of hydrogen-bond acceptors (Lipinski definition) is 5. The Morgan fingerprint density at radius 3 is 2.33 bits per heavy atom. The standard InChI is InChI=1S/C29H34F3N5O4S/c1-19(2)25-9-4-21(16-20(25)3)17-34-27(38)26-18-36(28(39)35-23-10-12-33-13-11-23)14-15-37(26)42(40,41)24-7-5-22(6-8-24)29(30,31)32/h4-13,16,19-20,25-26H,14-15,17-18H2,1-3H3,(H,34,38)(H,33,35,39)/t20?,25?,26-/m1/s1. The lowest BCUT2D eigenvalue weighted by molar-refractivity contribution is -0.137. The molecule has 2 N–H and O–H groups in total. The summed E-state index contributed by atoms with van der Waals surface area (Å²) < 4.78 is 67.3. The molecule has 2 aromatic rings. The number of allylic oxidation sites excluding steroid dienone is 2. The zero-order chi connectivity index (χ0) is 30.7. The van der Waals surface area contributed by atoms with E-state index in [9.17, 15) is 31.2 Å². The van der Waals surface area contributed by atoms with Crippen LogP contribution >= 0.6 is 0 Å². The maximum atomic E-state index is 13.6. The van der Waals surface area contributed by atoms with Gasteiger partial charge in [-0.3, -0.25) is 9.78 Å².